The molecular weight excluding hydrogens is 250 g/mol. The molecule has 0 bridgehead atoms. The van der Waals surface area contributed by atoms with E-state index in [0.717, 1.165) is 31.7 Å². The summed E-state index contributed by atoms with van der Waals surface area (Å²) < 4.78 is 5.45. The molecule has 0 aliphatic carbocycles. The van der Waals surface area contributed by atoms with E-state index >= 15 is 0 Å². The summed E-state index contributed by atoms with van der Waals surface area (Å²) in [4.78, 5) is 6.50. The Morgan fingerprint density at radius 2 is 2.00 bits per heavy atom. The maximum absolute atomic E-state index is 5.45. The van der Waals surface area contributed by atoms with Crippen LogP contribution in [0, 0.1) is 0 Å². The summed E-state index contributed by atoms with van der Waals surface area (Å²) in [5.74, 6) is 1.02. The first kappa shape index (κ1) is 13.2. The minimum atomic E-state index is 0.280. The average Bonchev–Trinajstić information content (AvgIpc) is 3.03. The highest BCUT2D eigenvalue weighted by Gasteiger charge is 2.21. The van der Waals surface area contributed by atoms with Gasteiger partial charge in [-0.15, -0.1) is 0 Å². The number of pyridine rings is 1. The molecule has 0 amide bonds. The molecule has 0 spiro atoms. The molecule has 3 rings (SSSR count). The van der Waals surface area contributed by atoms with Crippen LogP contribution in [0.5, 0.6) is 0 Å². The Morgan fingerprint density at radius 3 is 2.65 bits per heavy atom. The highest BCUT2D eigenvalue weighted by Crippen LogP contribution is 2.21. The van der Waals surface area contributed by atoms with Crippen LogP contribution in [0.3, 0.4) is 0 Å². The molecule has 0 saturated carbocycles. The van der Waals surface area contributed by atoms with Gasteiger partial charge in [0.2, 0.25) is 0 Å². The van der Waals surface area contributed by atoms with Gasteiger partial charge in [0.05, 0.1) is 12.3 Å². The summed E-state index contributed by atoms with van der Waals surface area (Å²) in [6.45, 7) is 4.34. The topological polar surface area (TPSA) is 41.3 Å². The van der Waals surface area contributed by atoms with E-state index in [1.165, 1.54) is 5.69 Å². The molecule has 1 aliphatic heterocycles. The van der Waals surface area contributed by atoms with Crippen molar-refractivity contribution in [1.29, 1.82) is 0 Å². The van der Waals surface area contributed by atoms with Gasteiger partial charge in [0, 0.05) is 37.2 Å². The normalized spacial score (nSPS) is 18.1. The van der Waals surface area contributed by atoms with Gasteiger partial charge in [0.25, 0.3) is 0 Å². The number of anilines is 1. The van der Waals surface area contributed by atoms with Gasteiger partial charge in [-0.05, 0) is 44.0 Å². The van der Waals surface area contributed by atoms with Crippen molar-refractivity contribution in [3.05, 3.63) is 48.7 Å². The van der Waals surface area contributed by atoms with E-state index in [2.05, 4.69) is 34.3 Å². The molecule has 3 heterocycles. The quantitative estimate of drug-likeness (QED) is 0.928. The molecule has 1 saturated heterocycles. The molecule has 0 radical (unpaired) electrons. The average molecular weight is 271 g/mol. The number of piperidine rings is 1. The van der Waals surface area contributed by atoms with Crippen LogP contribution in [0.15, 0.2) is 47.3 Å². The van der Waals surface area contributed by atoms with Crippen LogP contribution in [-0.4, -0.2) is 24.1 Å². The summed E-state index contributed by atoms with van der Waals surface area (Å²) in [7, 11) is 0. The first-order valence-electron chi connectivity index (χ1n) is 7.27. The maximum Gasteiger partial charge on any atom is 0.120 e. The van der Waals surface area contributed by atoms with Crippen molar-refractivity contribution < 1.29 is 4.42 Å². The third-order valence-electron chi connectivity index (χ3n) is 3.98. The van der Waals surface area contributed by atoms with Gasteiger partial charge < -0.3 is 14.6 Å². The fourth-order valence-corrected chi connectivity index (χ4v) is 2.83. The largest absolute Gasteiger partial charge is 0.468 e. The van der Waals surface area contributed by atoms with E-state index in [1.54, 1.807) is 6.26 Å². The standard InChI is InChI=1S/C16H21N3O/c1-13(16-3-2-12-20-16)18-14-6-10-19(11-7-14)15-4-8-17-9-5-15/h2-5,8-9,12-14,18H,6-7,10-11H2,1H3/t13-/m1/s1. The van der Waals surface area contributed by atoms with Gasteiger partial charge in [-0.2, -0.15) is 0 Å². The van der Waals surface area contributed by atoms with Crippen LogP contribution < -0.4 is 10.2 Å². The van der Waals surface area contributed by atoms with Crippen molar-refractivity contribution in [2.75, 3.05) is 18.0 Å². The van der Waals surface area contributed by atoms with Gasteiger partial charge in [-0.1, -0.05) is 0 Å². The van der Waals surface area contributed by atoms with Crippen LogP contribution in [-0.2, 0) is 0 Å². The first-order chi connectivity index (χ1) is 9.83. The smallest absolute Gasteiger partial charge is 0.120 e. The fourth-order valence-electron chi connectivity index (χ4n) is 2.83. The van der Waals surface area contributed by atoms with E-state index in [-0.39, 0.29) is 6.04 Å². The highest BCUT2D eigenvalue weighted by atomic mass is 16.3. The Morgan fingerprint density at radius 1 is 1.25 bits per heavy atom. The maximum atomic E-state index is 5.45. The summed E-state index contributed by atoms with van der Waals surface area (Å²) in [5, 5.41) is 3.66. The zero-order valence-electron chi connectivity index (χ0n) is 11.8. The number of nitrogens with zero attached hydrogens (tertiary/aromatic N) is 2. The highest BCUT2D eigenvalue weighted by molar-refractivity contribution is 5.44. The Kier molecular flexibility index (Phi) is 4.02. The lowest BCUT2D eigenvalue weighted by atomic mass is 10.0. The molecule has 20 heavy (non-hydrogen) atoms. The number of rotatable bonds is 4. The molecule has 4 nitrogen and oxygen atoms in total. The monoisotopic (exact) mass is 271 g/mol. The molecule has 4 heteroatoms. The van der Waals surface area contributed by atoms with Gasteiger partial charge in [0.15, 0.2) is 0 Å². The zero-order chi connectivity index (χ0) is 13.8. The molecule has 0 unspecified atom stereocenters. The summed E-state index contributed by atoms with van der Waals surface area (Å²) >= 11 is 0. The van der Waals surface area contributed by atoms with Crippen LogP contribution >= 0.6 is 0 Å². The van der Waals surface area contributed by atoms with Crippen molar-refractivity contribution in [3.63, 3.8) is 0 Å². The third kappa shape index (κ3) is 3.02. The van der Waals surface area contributed by atoms with E-state index in [4.69, 9.17) is 4.42 Å². The summed E-state index contributed by atoms with van der Waals surface area (Å²) in [6.07, 6.45) is 7.78. The van der Waals surface area contributed by atoms with Crippen molar-refractivity contribution in [1.82, 2.24) is 10.3 Å². The SMILES string of the molecule is C[C@@H](NC1CCN(c2ccncc2)CC1)c1ccco1. The van der Waals surface area contributed by atoms with E-state index in [1.807, 2.05) is 24.5 Å². The second kappa shape index (κ2) is 6.09. The number of nitrogens with one attached hydrogen (secondary N) is 1. The summed E-state index contributed by atoms with van der Waals surface area (Å²) in [5.41, 5.74) is 1.28. The van der Waals surface area contributed by atoms with Crippen LogP contribution in [0.4, 0.5) is 5.69 Å². The van der Waals surface area contributed by atoms with Crippen molar-refractivity contribution in [2.24, 2.45) is 0 Å². The van der Waals surface area contributed by atoms with E-state index < -0.39 is 0 Å². The second-order valence-corrected chi connectivity index (χ2v) is 5.37. The second-order valence-electron chi connectivity index (χ2n) is 5.37. The first-order valence-corrected chi connectivity index (χ1v) is 7.27. The number of furan rings is 1. The number of hydrogen-bond donors (Lipinski definition) is 1. The van der Waals surface area contributed by atoms with Crippen LogP contribution in [0.25, 0.3) is 0 Å². The van der Waals surface area contributed by atoms with Crippen LogP contribution in [0.1, 0.15) is 31.6 Å². The molecule has 2 aromatic heterocycles. The minimum Gasteiger partial charge on any atom is -0.468 e. The van der Waals surface area contributed by atoms with Gasteiger partial charge in [-0.3, -0.25) is 4.98 Å². The molecule has 2 aromatic rings. The predicted molar refractivity (Wildman–Crippen MR) is 79.7 cm³/mol. The summed E-state index contributed by atoms with van der Waals surface area (Å²) in [6, 6.07) is 8.98. The van der Waals surface area contributed by atoms with Crippen molar-refractivity contribution in [3.8, 4) is 0 Å². The Balaban J connectivity index is 1.51. The molecule has 0 aromatic carbocycles. The minimum absolute atomic E-state index is 0.280. The van der Waals surface area contributed by atoms with Gasteiger partial charge in [0.1, 0.15) is 5.76 Å². The molecule has 1 aliphatic rings. The molecular formula is C16H21N3O. The van der Waals surface area contributed by atoms with E-state index in [0.29, 0.717) is 6.04 Å². The van der Waals surface area contributed by atoms with Crippen LogP contribution in [0.2, 0.25) is 0 Å². The Hall–Kier alpha value is -1.81. The Labute approximate surface area is 119 Å². The molecule has 1 N–H and O–H groups in total. The van der Waals surface area contributed by atoms with Gasteiger partial charge in [-0.25, -0.2) is 0 Å². The van der Waals surface area contributed by atoms with E-state index in [9.17, 15) is 0 Å². The third-order valence-corrected chi connectivity index (χ3v) is 3.98. The lowest BCUT2D eigenvalue weighted by Crippen LogP contribution is -2.43. The van der Waals surface area contributed by atoms with Gasteiger partial charge >= 0.3 is 0 Å². The molecule has 106 valence electrons. The number of aromatic nitrogens is 1. The lowest BCUT2D eigenvalue weighted by molar-refractivity contribution is 0.347. The Bertz CT molecular complexity index is 504. The fraction of sp³-hybridized carbons (Fsp3) is 0.438. The lowest BCUT2D eigenvalue weighted by Gasteiger charge is -2.35. The molecule has 1 atom stereocenters. The molecule has 1 fully saturated rings. The predicted octanol–water partition coefficient (Wildman–Crippen LogP) is 2.99. The van der Waals surface area contributed by atoms with Crippen molar-refractivity contribution in [2.45, 2.75) is 31.8 Å². The van der Waals surface area contributed by atoms with Crippen molar-refractivity contribution >= 4 is 5.69 Å². The number of hydrogen-bond acceptors (Lipinski definition) is 4. The zero-order valence-corrected chi connectivity index (χ0v) is 11.8.